The minimum atomic E-state index is -2.20. The van der Waals surface area contributed by atoms with E-state index in [1.54, 1.807) is 0 Å². The van der Waals surface area contributed by atoms with Crippen molar-refractivity contribution in [1.29, 1.82) is 0 Å². The second-order valence-corrected chi connectivity index (χ2v) is 13.4. The van der Waals surface area contributed by atoms with Gasteiger partial charge in [0.2, 0.25) is 0 Å². The highest BCUT2D eigenvalue weighted by molar-refractivity contribution is 8.25. The van der Waals surface area contributed by atoms with Gasteiger partial charge in [0.05, 0.1) is 11.4 Å². The van der Waals surface area contributed by atoms with Crippen LogP contribution in [0.2, 0.25) is 0 Å². The fraction of sp³-hybridized carbons (Fsp3) is 0. The van der Waals surface area contributed by atoms with E-state index >= 15 is 0 Å². The maximum atomic E-state index is 6.52. The van der Waals surface area contributed by atoms with E-state index in [-0.39, 0.29) is 0 Å². The van der Waals surface area contributed by atoms with Crippen LogP contribution < -0.4 is 15.9 Å². The molecule has 38 heavy (non-hydrogen) atoms. The molecule has 6 aromatic rings. The molecule has 0 bridgehead atoms. The zero-order valence-corrected chi connectivity index (χ0v) is 22.4. The van der Waals surface area contributed by atoms with E-state index in [0.29, 0.717) is 5.82 Å². The first-order valence-corrected chi connectivity index (χ1v) is 15.3. The van der Waals surface area contributed by atoms with Gasteiger partial charge in [-0.2, -0.15) is 0 Å². The van der Waals surface area contributed by atoms with E-state index in [0.717, 1.165) is 33.4 Å². The van der Waals surface area contributed by atoms with Gasteiger partial charge in [0.1, 0.15) is 0 Å². The minimum absolute atomic E-state index is 0.713. The number of rotatable bonds is 6. The summed E-state index contributed by atoms with van der Waals surface area (Å²) >= 11 is 6.52. The number of hydrogen-bond acceptors (Lipinski definition) is 3. The zero-order valence-electron chi connectivity index (χ0n) is 20.7. The highest BCUT2D eigenvalue weighted by Crippen LogP contribution is 2.43. The Hall–Kier alpha value is -4.17. The van der Waals surface area contributed by atoms with Gasteiger partial charge in [-0.3, -0.25) is 0 Å². The van der Waals surface area contributed by atoms with Crippen molar-refractivity contribution in [2.75, 3.05) is 0 Å². The predicted molar refractivity (Wildman–Crippen MR) is 164 cm³/mol. The minimum Gasteiger partial charge on any atom is -0.228 e. The molecule has 5 aromatic carbocycles. The number of aromatic nitrogens is 2. The van der Waals surface area contributed by atoms with Crippen molar-refractivity contribution in [1.82, 2.24) is 9.97 Å². The molecule has 0 saturated carbocycles. The van der Waals surface area contributed by atoms with Gasteiger partial charge in [-0.1, -0.05) is 157 Å². The van der Waals surface area contributed by atoms with Crippen molar-refractivity contribution in [2.24, 2.45) is 0 Å². The van der Waals surface area contributed by atoms with Gasteiger partial charge in [0.15, 0.2) is 5.82 Å². The summed E-state index contributed by atoms with van der Waals surface area (Å²) in [4.78, 5) is 9.89. The molecule has 0 N–H and O–H groups in total. The molecule has 0 fully saturated rings. The van der Waals surface area contributed by atoms with Crippen LogP contribution in [-0.2, 0) is 11.8 Å². The second-order valence-electron chi connectivity index (χ2n) is 9.02. The van der Waals surface area contributed by atoms with Crippen LogP contribution in [0.3, 0.4) is 0 Å². The molecule has 1 aromatic heterocycles. The van der Waals surface area contributed by atoms with Crippen molar-refractivity contribution in [3.8, 4) is 33.9 Å². The molecule has 0 spiro atoms. The maximum Gasteiger partial charge on any atom is 0.160 e. The van der Waals surface area contributed by atoms with E-state index in [1.807, 2.05) is 60.7 Å². The Balaban J connectivity index is 1.47. The molecule has 0 aliphatic carbocycles. The molecule has 4 heteroatoms. The lowest BCUT2D eigenvalue weighted by Gasteiger charge is -2.24. The summed E-state index contributed by atoms with van der Waals surface area (Å²) in [6.45, 7) is 0. The molecule has 0 amide bonds. The molecule has 0 radical (unpaired) electrons. The SMILES string of the molecule is S=P(c1ccccc1)(c1ccccc1)c1ccc(-c2cc(-c3ccccc3)nc(-c3ccccc3)n2)cc1. The topological polar surface area (TPSA) is 25.8 Å². The van der Waals surface area contributed by atoms with Gasteiger partial charge in [-0.25, -0.2) is 9.97 Å². The molecule has 2 nitrogen and oxygen atoms in total. The Morgan fingerprint density at radius 3 is 1.24 bits per heavy atom. The van der Waals surface area contributed by atoms with Gasteiger partial charge in [-0.05, 0) is 22.0 Å². The van der Waals surface area contributed by atoms with Crippen LogP contribution in [0.4, 0.5) is 0 Å². The van der Waals surface area contributed by atoms with Crippen LogP contribution in [-0.4, -0.2) is 9.97 Å². The van der Waals surface area contributed by atoms with Crippen LogP contribution in [0, 0.1) is 0 Å². The second kappa shape index (κ2) is 10.7. The fourth-order valence-corrected chi connectivity index (χ4v) is 8.38. The molecular weight excluding hydrogens is 499 g/mol. The third-order valence-corrected chi connectivity index (χ3v) is 11.6. The third-order valence-electron chi connectivity index (χ3n) is 6.59. The predicted octanol–water partition coefficient (Wildman–Crippen LogP) is 7.23. The lowest BCUT2D eigenvalue weighted by Crippen LogP contribution is -2.24. The van der Waals surface area contributed by atoms with Gasteiger partial charge in [0, 0.05) is 22.7 Å². The zero-order chi connectivity index (χ0) is 25.8. The molecule has 0 aliphatic rings. The maximum absolute atomic E-state index is 6.52. The monoisotopic (exact) mass is 524 g/mol. The smallest absolute Gasteiger partial charge is 0.160 e. The summed E-state index contributed by atoms with van der Waals surface area (Å²) < 4.78 is 0. The van der Waals surface area contributed by atoms with Crippen molar-refractivity contribution >= 4 is 33.8 Å². The van der Waals surface area contributed by atoms with Gasteiger partial charge in [0.25, 0.3) is 0 Å². The van der Waals surface area contributed by atoms with Crippen molar-refractivity contribution in [3.63, 3.8) is 0 Å². The van der Waals surface area contributed by atoms with Crippen molar-refractivity contribution < 1.29 is 0 Å². The summed E-state index contributed by atoms with van der Waals surface area (Å²) in [5.74, 6) is 0.713. The summed E-state index contributed by atoms with van der Waals surface area (Å²) in [6.07, 6.45) is 0. The average molecular weight is 525 g/mol. The molecular formula is C34H25N2PS. The Morgan fingerprint density at radius 1 is 0.395 bits per heavy atom. The van der Waals surface area contributed by atoms with Crippen molar-refractivity contribution in [2.45, 2.75) is 0 Å². The summed E-state index contributed by atoms with van der Waals surface area (Å²) in [7, 11) is 0. The highest BCUT2D eigenvalue weighted by atomic mass is 32.4. The van der Waals surface area contributed by atoms with Gasteiger partial charge >= 0.3 is 0 Å². The lowest BCUT2D eigenvalue weighted by molar-refractivity contribution is 1.18. The van der Waals surface area contributed by atoms with Crippen LogP contribution in [0.15, 0.2) is 152 Å². The molecule has 0 saturated heterocycles. The Morgan fingerprint density at radius 2 is 0.763 bits per heavy atom. The number of benzene rings is 5. The molecule has 0 atom stereocenters. The van der Waals surface area contributed by atoms with Gasteiger partial charge in [-0.15, -0.1) is 0 Å². The van der Waals surface area contributed by atoms with E-state index in [9.17, 15) is 0 Å². The Bertz CT molecular complexity index is 1600. The van der Waals surface area contributed by atoms with Crippen LogP contribution in [0.25, 0.3) is 33.9 Å². The highest BCUT2D eigenvalue weighted by Gasteiger charge is 2.24. The van der Waals surface area contributed by atoms with E-state index in [2.05, 4.69) is 91.0 Å². The third kappa shape index (κ3) is 4.75. The summed E-state index contributed by atoms with van der Waals surface area (Å²) in [5.41, 5.74) is 4.88. The van der Waals surface area contributed by atoms with E-state index in [4.69, 9.17) is 21.8 Å². The van der Waals surface area contributed by atoms with Gasteiger partial charge < -0.3 is 0 Å². The largest absolute Gasteiger partial charge is 0.228 e. The quantitative estimate of drug-likeness (QED) is 0.215. The molecule has 182 valence electrons. The Labute approximate surface area is 228 Å². The first-order chi connectivity index (χ1) is 18.7. The van der Waals surface area contributed by atoms with Crippen molar-refractivity contribution in [3.05, 3.63) is 152 Å². The normalized spacial score (nSPS) is 11.3. The van der Waals surface area contributed by atoms with E-state index < -0.39 is 6.04 Å². The number of hydrogen-bond donors (Lipinski definition) is 0. The molecule has 0 unspecified atom stereocenters. The first-order valence-electron chi connectivity index (χ1n) is 12.5. The summed E-state index contributed by atoms with van der Waals surface area (Å²) in [6, 6.07) is 49.9. The molecule has 1 heterocycles. The molecule has 6 rings (SSSR count). The van der Waals surface area contributed by atoms with E-state index in [1.165, 1.54) is 10.6 Å². The lowest BCUT2D eigenvalue weighted by atomic mass is 10.1. The average Bonchev–Trinajstić information content (AvgIpc) is 3.02. The fourth-order valence-electron chi connectivity index (χ4n) is 4.63. The Kier molecular flexibility index (Phi) is 6.79. The standard InChI is InChI=1S/C34H25N2PS/c38-37(29-17-9-3-10-18-29,30-19-11-4-12-20-30)31-23-21-27(22-24-31)33-25-32(26-13-5-1-6-14-26)35-34(36-33)28-15-7-2-8-16-28/h1-25H. The van der Waals surface area contributed by atoms with Crippen LogP contribution in [0.1, 0.15) is 0 Å². The van der Waals surface area contributed by atoms with Crippen LogP contribution >= 0.6 is 6.04 Å². The first kappa shape index (κ1) is 24.2. The van der Waals surface area contributed by atoms with Crippen LogP contribution in [0.5, 0.6) is 0 Å². The molecule has 0 aliphatic heterocycles. The number of nitrogens with zero attached hydrogens (tertiary/aromatic N) is 2. The summed E-state index contributed by atoms with van der Waals surface area (Å²) in [5, 5.41) is 3.54.